The summed E-state index contributed by atoms with van der Waals surface area (Å²) in [6.07, 6.45) is 10.4. The standard InChI is InChI=1S/C12H20N2O/c1-3-4-5-6-7-8-12(15)11-9-14(2)10-13-11/h3,9-10,12,15H,1,4-8H2,2H3. The first-order valence-corrected chi connectivity index (χ1v) is 5.51. The van der Waals surface area contributed by atoms with Crippen LogP contribution >= 0.6 is 0 Å². The molecule has 1 heterocycles. The van der Waals surface area contributed by atoms with E-state index < -0.39 is 6.10 Å². The second-order valence-corrected chi connectivity index (χ2v) is 3.91. The first-order valence-electron chi connectivity index (χ1n) is 5.51. The number of nitrogens with zero attached hydrogens (tertiary/aromatic N) is 2. The van der Waals surface area contributed by atoms with Gasteiger partial charge >= 0.3 is 0 Å². The van der Waals surface area contributed by atoms with E-state index in [4.69, 9.17) is 0 Å². The smallest absolute Gasteiger partial charge is 0.0975 e. The molecule has 3 heteroatoms. The molecule has 1 atom stereocenters. The zero-order valence-corrected chi connectivity index (χ0v) is 9.39. The summed E-state index contributed by atoms with van der Waals surface area (Å²) in [6, 6.07) is 0. The Morgan fingerprint density at radius 1 is 1.53 bits per heavy atom. The largest absolute Gasteiger partial charge is 0.387 e. The molecule has 0 aromatic carbocycles. The van der Waals surface area contributed by atoms with E-state index in [2.05, 4.69) is 11.6 Å². The molecule has 0 bridgehead atoms. The molecule has 15 heavy (non-hydrogen) atoms. The second kappa shape index (κ2) is 6.40. The van der Waals surface area contributed by atoms with Gasteiger partial charge in [-0.05, 0) is 19.3 Å². The van der Waals surface area contributed by atoms with Crippen molar-refractivity contribution >= 4 is 0 Å². The summed E-state index contributed by atoms with van der Waals surface area (Å²) in [5.74, 6) is 0. The minimum absolute atomic E-state index is 0.407. The van der Waals surface area contributed by atoms with Crippen LogP contribution < -0.4 is 0 Å². The predicted octanol–water partition coefficient (Wildman–Crippen LogP) is 2.59. The van der Waals surface area contributed by atoms with Crippen LogP contribution in [0.25, 0.3) is 0 Å². The molecular weight excluding hydrogens is 188 g/mol. The normalized spacial score (nSPS) is 12.7. The van der Waals surface area contributed by atoms with Crippen molar-refractivity contribution < 1.29 is 5.11 Å². The van der Waals surface area contributed by atoms with Crippen LogP contribution in [0.5, 0.6) is 0 Å². The average Bonchev–Trinajstić information content (AvgIpc) is 2.64. The number of allylic oxidation sites excluding steroid dienone is 1. The van der Waals surface area contributed by atoms with Gasteiger partial charge in [-0.3, -0.25) is 0 Å². The van der Waals surface area contributed by atoms with E-state index in [1.807, 2.05) is 23.9 Å². The summed E-state index contributed by atoms with van der Waals surface area (Å²) in [4.78, 5) is 4.13. The molecule has 1 aromatic heterocycles. The molecule has 0 saturated heterocycles. The van der Waals surface area contributed by atoms with Gasteiger partial charge in [-0.25, -0.2) is 4.98 Å². The summed E-state index contributed by atoms with van der Waals surface area (Å²) in [5, 5.41) is 9.79. The predicted molar refractivity (Wildman–Crippen MR) is 61.4 cm³/mol. The van der Waals surface area contributed by atoms with E-state index in [0.717, 1.165) is 31.4 Å². The van der Waals surface area contributed by atoms with Gasteiger partial charge < -0.3 is 9.67 Å². The highest BCUT2D eigenvalue weighted by Crippen LogP contribution is 2.17. The maximum Gasteiger partial charge on any atom is 0.0975 e. The minimum atomic E-state index is -0.407. The van der Waals surface area contributed by atoms with E-state index in [1.54, 1.807) is 6.33 Å². The van der Waals surface area contributed by atoms with Crippen LogP contribution in [0.15, 0.2) is 25.2 Å². The topological polar surface area (TPSA) is 38.0 Å². The monoisotopic (exact) mass is 208 g/mol. The molecule has 0 saturated carbocycles. The van der Waals surface area contributed by atoms with Gasteiger partial charge in [0.25, 0.3) is 0 Å². The quantitative estimate of drug-likeness (QED) is 0.552. The summed E-state index contributed by atoms with van der Waals surface area (Å²) in [5.41, 5.74) is 0.779. The van der Waals surface area contributed by atoms with E-state index in [-0.39, 0.29) is 0 Å². The zero-order chi connectivity index (χ0) is 11.1. The van der Waals surface area contributed by atoms with Gasteiger partial charge in [-0.2, -0.15) is 0 Å². The molecule has 1 rings (SSSR count). The van der Waals surface area contributed by atoms with Crippen LogP contribution in [0.2, 0.25) is 0 Å². The van der Waals surface area contributed by atoms with Crippen LogP contribution in [0.1, 0.15) is 43.9 Å². The molecule has 3 nitrogen and oxygen atoms in total. The van der Waals surface area contributed by atoms with Gasteiger partial charge in [0, 0.05) is 13.2 Å². The molecule has 0 aliphatic rings. The lowest BCUT2D eigenvalue weighted by Crippen LogP contribution is -1.97. The summed E-state index contributed by atoms with van der Waals surface area (Å²) in [6.45, 7) is 3.68. The summed E-state index contributed by atoms with van der Waals surface area (Å²) >= 11 is 0. The Morgan fingerprint density at radius 2 is 2.33 bits per heavy atom. The van der Waals surface area contributed by atoms with Crippen molar-refractivity contribution in [2.24, 2.45) is 7.05 Å². The zero-order valence-electron chi connectivity index (χ0n) is 9.39. The first kappa shape index (κ1) is 12.0. The van der Waals surface area contributed by atoms with Gasteiger partial charge in [-0.15, -0.1) is 6.58 Å². The van der Waals surface area contributed by atoms with Gasteiger partial charge in [0.2, 0.25) is 0 Å². The highest BCUT2D eigenvalue weighted by atomic mass is 16.3. The molecule has 1 unspecified atom stereocenters. The SMILES string of the molecule is C=CCCCCCC(O)c1cn(C)cn1. The third-order valence-corrected chi connectivity index (χ3v) is 2.45. The van der Waals surface area contributed by atoms with E-state index in [0.29, 0.717) is 0 Å². The maximum absolute atomic E-state index is 9.79. The minimum Gasteiger partial charge on any atom is -0.387 e. The van der Waals surface area contributed by atoms with Crippen LogP contribution in [0, 0.1) is 0 Å². The van der Waals surface area contributed by atoms with Crippen molar-refractivity contribution in [2.75, 3.05) is 0 Å². The van der Waals surface area contributed by atoms with Crippen LogP contribution in [-0.4, -0.2) is 14.7 Å². The van der Waals surface area contributed by atoms with Crippen molar-refractivity contribution in [1.29, 1.82) is 0 Å². The molecule has 0 radical (unpaired) electrons. The molecule has 0 aliphatic carbocycles. The third kappa shape index (κ3) is 4.30. The Hall–Kier alpha value is -1.09. The maximum atomic E-state index is 9.79. The Bertz CT molecular complexity index is 294. The molecule has 0 aliphatic heterocycles. The number of aromatic nitrogens is 2. The lowest BCUT2D eigenvalue weighted by atomic mass is 10.1. The summed E-state index contributed by atoms with van der Waals surface area (Å²) < 4.78 is 1.86. The highest BCUT2D eigenvalue weighted by Gasteiger charge is 2.09. The average molecular weight is 208 g/mol. The van der Waals surface area contributed by atoms with E-state index in [9.17, 15) is 5.11 Å². The number of aryl methyl sites for hydroxylation is 1. The van der Waals surface area contributed by atoms with E-state index >= 15 is 0 Å². The molecule has 84 valence electrons. The van der Waals surface area contributed by atoms with Gasteiger partial charge in [-0.1, -0.05) is 18.9 Å². The molecular formula is C12H20N2O. The Kier molecular flexibility index (Phi) is 5.12. The number of hydrogen-bond donors (Lipinski definition) is 1. The molecule has 0 amide bonds. The highest BCUT2D eigenvalue weighted by molar-refractivity contribution is 5.00. The van der Waals surface area contributed by atoms with Gasteiger partial charge in [0.1, 0.15) is 0 Å². The lowest BCUT2D eigenvalue weighted by molar-refractivity contribution is 0.159. The van der Waals surface area contributed by atoms with Crippen molar-refractivity contribution in [1.82, 2.24) is 9.55 Å². The Balaban J connectivity index is 2.18. The molecule has 1 N–H and O–H groups in total. The van der Waals surface area contributed by atoms with Crippen LogP contribution in [0.3, 0.4) is 0 Å². The molecule has 1 aromatic rings. The Labute approximate surface area is 91.5 Å². The van der Waals surface area contributed by atoms with Crippen molar-refractivity contribution in [2.45, 2.75) is 38.2 Å². The van der Waals surface area contributed by atoms with Crippen molar-refractivity contribution in [3.05, 3.63) is 30.9 Å². The van der Waals surface area contributed by atoms with Crippen molar-refractivity contribution in [3.8, 4) is 0 Å². The second-order valence-electron chi connectivity index (χ2n) is 3.91. The third-order valence-electron chi connectivity index (χ3n) is 2.45. The number of aliphatic hydroxyl groups is 1. The number of unbranched alkanes of at least 4 members (excludes halogenated alkanes) is 3. The van der Waals surface area contributed by atoms with Gasteiger partial charge in [0.15, 0.2) is 0 Å². The fourth-order valence-corrected chi connectivity index (χ4v) is 1.56. The van der Waals surface area contributed by atoms with Crippen molar-refractivity contribution in [3.63, 3.8) is 0 Å². The Morgan fingerprint density at radius 3 is 2.93 bits per heavy atom. The van der Waals surface area contributed by atoms with Crippen LogP contribution in [-0.2, 0) is 7.05 Å². The van der Waals surface area contributed by atoms with E-state index in [1.165, 1.54) is 6.42 Å². The number of aliphatic hydroxyl groups excluding tert-OH is 1. The fraction of sp³-hybridized carbons (Fsp3) is 0.583. The molecule has 0 fully saturated rings. The van der Waals surface area contributed by atoms with Crippen LogP contribution in [0.4, 0.5) is 0 Å². The fourth-order valence-electron chi connectivity index (χ4n) is 1.56. The van der Waals surface area contributed by atoms with Gasteiger partial charge in [0.05, 0.1) is 18.1 Å². The number of rotatable bonds is 7. The number of hydrogen-bond acceptors (Lipinski definition) is 2. The number of imidazole rings is 1. The molecule has 0 spiro atoms. The lowest BCUT2D eigenvalue weighted by Gasteiger charge is -2.06. The first-order chi connectivity index (χ1) is 7.24. The summed E-state index contributed by atoms with van der Waals surface area (Å²) in [7, 11) is 1.91.